The van der Waals surface area contributed by atoms with Gasteiger partial charge in [-0.3, -0.25) is 19.2 Å². The van der Waals surface area contributed by atoms with Crippen molar-refractivity contribution in [2.45, 2.75) is 56.3 Å². The van der Waals surface area contributed by atoms with Gasteiger partial charge in [-0.2, -0.15) is 0 Å². The van der Waals surface area contributed by atoms with Crippen LogP contribution in [0.5, 0.6) is 5.75 Å². The molecule has 0 aromatic heterocycles. The Morgan fingerprint density at radius 1 is 0.591 bits per heavy atom. The number of phenolic OH excluding ortho intramolecular Hbond substituents is 1. The summed E-state index contributed by atoms with van der Waals surface area (Å²) in [7, 11) is 0. The molecule has 0 saturated heterocycles. The number of hydrogen-bond acceptors (Lipinski definition) is 7. The fourth-order valence-corrected chi connectivity index (χ4v) is 4.42. The van der Waals surface area contributed by atoms with E-state index in [1.165, 1.54) is 12.1 Å². The summed E-state index contributed by atoms with van der Waals surface area (Å²) in [6.45, 7) is 0. The minimum Gasteiger partial charge on any atom is -0.508 e. The van der Waals surface area contributed by atoms with Crippen LogP contribution in [0.3, 0.4) is 0 Å². The van der Waals surface area contributed by atoms with Crippen molar-refractivity contribution in [1.82, 2.24) is 16.0 Å². The number of phenols is 1. The van der Waals surface area contributed by atoms with E-state index in [1.807, 2.05) is 0 Å². The third-order valence-electron chi connectivity index (χ3n) is 6.83. The van der Waals surface area contributed by atoms with Crippen LogP contribution in [0.1, 0.15) is 29.5 Å². The van der Waals surface area contributed by atoms with E-state index >= 15 is 0 Å². The van der Waals surface area contributed by atoms with Gasteiger partial charge in [-0.05, 0) is 35.2 Å². The molecule has 3 rings (SSSR count). The predicted octanol–water partition coefficient (Wildman–Crippen LogP) is 1.15. The maximum Gasteiger partial charge on any atom is 0.326 e. The van der Waals surface area contributed by atoms with E-state index in [4.69, 9.17) is 10.8 Å². The molecule has 0 heterocycles. The number of carboxylic acid groups (broad SMARTS) is 2. The van der Waals surface area contributed by atoms with Gasteiger partial charge in [0, 0.05) is 25.7 Å². The van der Waals surface area contributed by atoms with Crippen molar-refractivity contribution in [2.24, 2.45) is 5.73 Å². The summed E-state index contributed by atoms with van der Waals surface area (Å²) in [6, 6.07) is 18.5. The van der Waals surface area contributed by atoms with Crippen molar-refractivity contribution in [3.8, 4) is 5.75 Å². The standard InChI is InChI=1S/C32H36N4O8/c33-24(15-16-28(38)39)29(40)34-25(17-20-7-3-1-4-8-20)30(41)35-26(18-22-11-13-23(37)14-12-22)31(42)36-27(32(43)44)19-21-9-5-2-6-10-21/h1-14,24-27,37H,15-19,33H2,(H,34,40)(H,35,41)(H,36,42)(H,38,39)(H,43,44)/t24-,25-,26-,27-/m0/s1. The summed E-state index contributed by atoms with van der Waals surface area (Å²) < 4.78 is 0. The molecule has 3 aromatic rings. The number of carboxylic acids is 2. The van der Waals surface area contributed by atoms with Crippen LogP contribution in [0.2, 0.25) is 0 Å². The van der Waals surface area contributed by atoms with Gasteiger partial charge in [-0.1, -0.05) is 72.8 Å². The number of carbonyl (C=O) groups excluding carboxylic acids is 3. The molecule has 12 nitrogen and oxygen atoms in total. The number of nitrogens with one attached hydrogen (secondary N) is 3. The van der Waals surface area contributed by atoms with Crippen molar-refractivity contribution in [1.29, 1.82) is 0 Å². The molecule has 3 aromatic carbocycles. The van der Waals surface area contributed by atoms with Crippen molar-refractivity contribution in [3.63, 3.8) is 0 Å². The average molecular weight is 605 g/mol. The van der Waals surface area contributed by atoms with E-state index in [-0.39, 0.29) is 37.9 Å². The molecule has 0 aliphatic carbocycles. The number of hydrogen-bond donors (Lipinski definition) is 7. The Morgan fingerprint density at radius 3 is 1.45 bits per heavy atom. The van der Waals surface area contributed by atoms with E-state index in [0.29, 0.717) is 16.7 Å². The first-order valence-corrected chi connectivity index (χ1v) is 14.0. The summed E-state index contributed by atoms with van der Waals surface area (Å²) in [5.41, 5.74) is 7.82. The van der Waals surface area contributed by atoms with Crippen molar-refractivity contribution < 1.29 is 39.3 Å². The largest absolute Gasteiger partial charge is 0.508 e. The average Bonchev–Trinajstić information content (AvgIpc) is 3.00. The molecule has 0 aliphatic rings. The van der Waals surface area contributed by atoms with Crippen LogP contribution >= 0.6 is 0 Å². The van der Waals surface area contributed by atoms with Crippen molar-refractivity contribution >= 4 is 29.7 Å². The molecule has 8 N–H and O–H groups in total. The van der Waals surface area contributed by atoms with Gasteiger partial charge in [0.15, 0.2) is 0 Å². The normalized spacial score (nSPS) is 13.5. The zero-order valence-electron chi connectivity index (χ0n) is 23.9. The second kappa shape index (κ2) is 16.4. The number of amides is 3. The molecule has 0 saturated carbocycles. The predicted molar refractivity (Wildman–Crippen MR) is 160 cm³/mol. The van der Waals surface area contributed by atoms with Gasteiger partial charge in [0.25, 0.3) is 0 Å². The smallest absolute Gasteiger partial charge is 0.326 e. The number of benzene rings is 3. The lowest BCUT2D eigenvalue weighted by molar-refractivity contribution is -0.142. The lowest BCUT2D eigenvalue weighted by atomic mass is 10.0. The Hall–Kier alpha value is -5.23. The lowest BCUT2D eigenvalue weighted by Gasteiger charge is -2.25. The fraction of sp³-hybridized carbons (Fsp3) is 0.281. The van der Waals surface area contributed by atoms with Crippen molar-refractivity contribution in [3.05, 3.63) is 102 Å². The number of rotatable bonds is 16. The zero-order valence-corrected chi connectivity index (χ0v) is 23.9. The monoisotopic (exact) mass is 604 g/mol. The minimum atomic E-state index is -1.30. The molecule has 232 valence electrons. The van der Waals surface area contributed by atoms with Gasteiger partial charge >= 0.3 is 11.9 Å². The molecule has 12 heteroatoms. The highest BCUT2D eigenvalue weighted by Gasteiger charge is 2.31. The Labute approximate surface area is 254 Å². The van der Waals surface area contributed by atoms with Crippen LogP contribution in [0.4, 0.5) is 0 Å². The van der Waals surface area contributed by atoms with Crippen LogP contribution in [0, 0.1) is 0 Å². The molecular weight excluding hydrogens is 568 g/mol. The van der Waals surface area contributed by atoms with E-state index in [9.17, 15) is 34.2 Å². The third-order valence-corrected chi connectivity index (χ3v) is 6.83. The first-order chi connectivity index (χ1) is 21.0. The van der Waals surface area contributed by atoms with Gasteiger partial charge in [0.1, 0.15) is 23.9 Å². The summed E-state index contributed by atoms with van der Waals surface area (Å²) >= 11 is 0. The quantitative estimate of drug-likeness (QED) is 0.125. The van der Waals surface area contributed by atoms with Crippen molar-refractivity contribution in [2.75, 3.05) is 0 Å². The summed E-state index contributed by atoms with van der Waals surface area (Å²) in [5, 5.41) is 36.2. The highest BCUT2D eigenvalue weighted by atomic mass is 16.4. The van der Waals surface area contributed by atoms with Crippen LogP contribution in [-0.4, -0.2) is 69.1 Å². The molecule has 3 amide bonds. The maximum absolute atomic E-state index is 13.6. The Morgan fingerprint density at radius 2 is 1.00 bits per heavy atom. The SMILES string of the molecule is N[C@@H](CCC(=O)O)C(=O)N[C@@H](Cc1ccccc1)C(=O)N[C@@H](Cc1ccc(O)cc1)C(=O)N[C@@H](Cc1ccccc1)C(=O)O. The summed E-state index contributed by atoms with van der Waals surface area (Å²) in [5.74, 6) is -4.63. The van der Waals surface area contributed by atoms with Gasteiger partial charge in [-0.15, -0.1) is 0 Å². The number of carbonyl (C=O) groups is 5. The molecule has 0 radical (unpaired) electrons. The van der Waals surface area contributed by atoms with Gasteiger partial charge < -0.3 is 37.0 Å². The molecule has 0 unspecified atom stereocenters. The van der Waals surface area contributed by atoms with Gasteiger partial charge in [-0.25, -0.2) is 4.79 Å². The van der Waals surface area contributed by atoms with Gasteiger partial charge in [0.2, 0.25) is 17.7 Å². The Kier molecular flexibility index (Phi) is 12.4. The summed E-state index contributed by atoms with van der Waals surface area (Å²) in [4.78, 5) is 63.0. The summed E-state index contributed by atoms with van der Waals surface area (Å²) in [6.07, 6.45) is -0.511. The van der Waals surface area contributed by atoms with E-state index in [1.54, 1.807) is 72.8 Å². The van der Waals surface area contributed by atoms with E-state index < -0.39 is 53.8 Å². The topological polar surface area (TPSA) is 208 Å². The minimum absolute atomic E-state index is 0.00235. The van der Waals surface area contributed by atoms with Crippen LogP contribution in [0.15, 0.2) is 84.9 Å². The highest BCUT2D eigenvalue weighted by molar-refractivity contribution is 5.94. The first kappa shape index (κ1) is 33.3. The molecule has 0 spiro atoms. The van der Waals surface area contributed by atoms with Crippen LogP contribution < -0.4 is 21.7 Å². The fourth-order valence-electron chi connectivity index (χ4n) is 4.42. The molecular formula is C32H36N4O8. The lowest BCUT2D eigenvalue weighted by Crippen LogP contribution is -2.58. The Bertz CT molecular complexity index is 1420. The molecule has 44 heavy (non-hydrogen) atoms. The number of aromatic hydroxyl groups is 1. The Balaban J connectivity index is 1.84. The second-order valence-corrected chi connectivity index (χ2v) is 10.3. The van der Waals surface area contributed by atoms with Crippen LogP contribution in [0.25, 0.3) is 0 Å². The molecule has 0 bridgehead atoms. The molecule has 0 aliphatic heterocycles. The number of aliphatic carboxylic acids is 2. The molecule has 0 fully saturated rings. The zero-order chi connectivity index (χ0) is 32.1. The molecule has 4 atom stereocenters. The second-order valence-electron chi connectivity index (χ2n) is 10.3. The van der Waals surface area contributed by atoms with Gasteiger partial charge in [0.05, 0.1) is 6.04 Å². The van der Waals surface area contributed by atoms with E-state index in [0.717, 1.165) is 0 Å². The van der Waals surface area contributed by atoms with E-state index in [2.05, 4.69) is 16.0 Å². The third kappa shape index (κ3) is 10.9. The first-order valence-electron chi connectivity index (χ1n) is 14.0. The maximum atomic E-state index is 13.6. The number of nitrogens with two attached hydrogens (primary N) is 1. The van der Waals surface area contributed by atoms with Crippen LogP contribution in [-0.2, 0) is 43.2 Å². The highest BCUT2D eigenvalue weighted by Crippen LogP contribution is 2.13.